The molecule has 3 nitrogen and oxygen atoms in total. The van der Waals surface area contributed by atoms with Crippen LogP contribution in [0.15, 0.2) is 18.2 Å². The Bertz CT molecular complexity index is 376. The molecular formula is C14H22N2O. The van der Waals surface area contributed by atoms with Crippen molar-refractivity contribution in [2.24, 2.45) is 0 Å². The van der Waals surface area contributed by atoms with Gasteiger partial charge in [0, 0.05) is 19.6 Å². The molecule has 0 saturated heterocycles. The Kier molecular flexibility index (Phi) is 4.15. The first kappa shape index (κ1) is 12.6. The number of fused-ring (bicyclic) bond motifs is 1. The molecule has 0 saturated carbocycles. The van der Waals surface area contributed by atoms with E-state index in [0.29, 0.717) is 0 Å². The topological polar surface area (TPSA) is 26.7 Å². The lowest BCUT2D eigenvalue weighted by atomic mass is 10.1. The first-order valence-corrected chi connectivity index (χ1v) is 6.27. The van der Waals surface area contributed by atoms with Crippen molar-refractivity contribution in [3.63, 3.8) is 0 Å². The molecule has 0 spiro atoms. The third kappa shape index (κ3) is 3.28. The quantitative estimate of drug-likeness (QED) is 0.835. The number of hydrogen-bond donors (Lipinski definition) is 1. The van der Waals surface area contributed by atoms with Gasteiger partial charge in [-0.05, 0) is 43.8 Å². The zero-order valence-corrected chi connectivity index (χ0v) is 10.8. The van der Waals surface area contributed by atoms with Crippen LogP contribution < -0.4 is 0 Å². The summed E-state index contributed by atoms with van der Waals surface area (Å²) in [6.07, 6.45) is 1.22. The monoisotopic (exact) mass is 234 g/mol. The van der Waals surface area contributed by atoms with Crippen molar-refractivity contribution < 1.29 is 5.11 Å². The lowest BCUT2D eigenvalue weighted by molar-refractivity contribution is 0.262. The van der Waals surface area contributed by atoms with Crippen LogP contribution in [0.4, 0.5) is 0 Å². The molecule has 94 valence electrons. The maximum absolute atomic E-state index is 9.12. The average Bonchev–Trinajstić information content (AvgIpc) is 2.69. The van der Waals surface area contributed by atoms with Crippen LogP contribution in [0.5, 0.6) is 0 Å². The van der Waals surface area contributed by atoms with Crippen molar-refractivity contribution in [3.05, 3.63) is 34.9 Å². The number of aliphatic hydroxyl groups is 1. The highest BCUT2D eigenvalue weighted by molar-refractivity contribution is 5.34. The second-order valence-corrected chi connectivity index (χ2v) is 5.13. The minimum absolute atomic E-state index is 0.147. The standard InChI is InChI=1S/C14H22N2O/c1-15(2)6-3-7-16-9-13-5-4-12(11-17)8-14(13)10-16/h4-5,8,17H,3,6-7,9-11H2,1-2H3. The summed E-state index contributed by atoms with van der Waals surface area (Å²) >= 11 is 0. The van der Waals surface area contributed by atoms with Crippen molar-refractivity contribution in [2.75, 3.05) is 27.2 Å². The highest BCUT2D eigenvalue weighted by atomic mass is 16.3. The molecule has 1 aromatic carbocycles. The van der Waals surface area contributed by atoms with Crippen molar-refractivity contribution >= 4 is 0 Å². The van der Waals surface area contributed by atoms with Crippen LogP contribution in [0.25, 0.3) is 0 Å². The van der Waals surface area contributed by atoms with E-state index >= 15 is 0 Å². The molecule has 0 aliphatic carbocycles. The van der Waals surface area contributed by atoms with E-state index in [1.807, 2.05) is 6.07 Å². The third-order valence-electron chi connectivity index (χ3n) is 3.32. The van der Waals surface area contributed by atoms with Crippen molar-refractivity contribution in [2.45, 2.75) is 26.1 Å². The molecule has 0 radical (unpaired) electrons. The lowest BCUT2D eigenvalue weighted by Crippen LogP contribution is -2.22. The van der Waals surface area contributed by atoms with Gasteiger partial charge in [0.25, 0.3) is 0 Å². The second kappa shape index (κ2) is 5.63. The van der Waals surface area contributed by atoms with Gasteiger partial charge in [0.15, 0.2) is 0 Å². The molecule has 17 heavy (non-hydrogen) atoms. The molecular weight excluding hydrogens is 212 g/mol. The summed E-state index contributed by atoms with van der Waals surface area (Å²) in [6.45, 7) is 4.55. The Labute approximate surface area is 104 Å². The number of hydrogen-bond acceptors (Lipinski definition) is 3. The molecule has 2 rings (SSSR count). The first-order valence-electron chi connectivity index (χ1n) is 6.27. The highest BCUT2D eigenvalue weighted by Gasteiger charge is 2.18. The summed E-state index contributed by atoms with van der Waals surface area (Å²) in [5, 5.41) is 9.12. The third-order valence-corrected chi connectivity index (χ3v) is 3.32. The van der Waals surface area contributed by atoms with Crippen molar-refractivity contribution in [1.82, 2.24) is 9.80 Å². The van der Waals surface area contributed by atoms with Gasteiger partial charge < -0.3 is 10.0 Å². The Morgan fingerprint density at radius 2 is 2.00 bits per heavy atom. The predicted octanol–water partition coefficient (Wildman–Crippen LogP) is 1.45. The molecule has 0 atom stereocenters. The normalized spacial score (nSPS) is 15.5. The summed E-state index contributed by atoms with van der Waals surface area (Å²) in [5.74, 6) is 0. The van der Waals surface area contributed by atoms with E-state index in [1.165, 1.54) is 17.5 Å². The summed E-state index contributed by atoms with van der Waals surface area (Å²) in [6, 6.07) is 6.33. The fourth-order valence-corrected chi connectivity index (χ4v) is 2.39. The molecule has 0 amide bonds. The van der Waals surface area contributed by atoms with E-state index < -0.39 is 0 Å². The molecule has 0 unspecified atom stereocenters. The van der Waals surface area contributed by atoms with Gasteiger partial charge in [-0.25, -0.2) is 0 Å². The van der Waals surface area contributed by atoms with E-state index in [4.69, 9.17) is 5.11 Å². The van der Waals surface area contributed by atoms with Gasteiger partial charge in [-0.1, -0.05) is 18.2 Å². The molecule has 0 fully saturated rings. The summed E-state index contributed by atoms with van der Waals surface area (Å²) in [5.41, 5.74) is 3.84. The predicted molar refractivity (Wildman–Crippen MR) is 69.6 cm³/mol. The molecule has 1 aromatic rings. The second-order valence-electron chi connectivity index (χ2n) is 5.13. The SMILES string of the molecule is CN(C)CCCN1Cc2ccc(CO)cc2C1. The van der Waals surface area contributed by atoms with E-state index in [2.05, 4.69) is 36.0 Å². The fraction of sp³-hybridized carbons (Fsp3) is 0.571. The van der Waals surface area contributed by atoms with Gasteiger partial charge in [0.05, 0.1) is 6.61 Å². The molecule has 1 aliphatic rings. The van der Waals surface area contributed by atoms with Crippen LogP contribution in [0.1, 0.15) is 23.1 Å². The van der Waals surface area contributed by atoms with Gasteiger partial charge in [0.1, 0.15) is 0 Å². The summed E-state index contributed by atoms with van der Waals surface area (Å²) < 4.78 is 0. The average molecular weight is 234 g/mol. The summed E-state index contributed by atoms with van der Waals surface area (Å²) in [7, 11) is 4.23. The van der Waals surface area contributed by atoms with Crippen LogP contribution in [0.2, 0.25) is 0 Å². The van der Waals surface area contributed by atoms with E-state index in [0.717, 1.165) is 31.7 Å². The first-order chi connectivity index (χ1) is 8.19. The Hall–Kier alpha value is -0.900. The fourth-order valence-electron chi connectivity index (χ4n) is 2.39. The van der Waals surface area contributed by atoms with Crippen molar-refractivity contribution in [3.8, 4) is 0 Å². The largest absolute Gasteiger partial charge is 0.392 e. The molecule has 0 aromatic heterocycles. The Morgan fingerprint density at radius 3 is 2.71 bits per heavy atom. The molecule has 1 heterocycles. The van der Waals surface area contributed by atoms with Gasteiger partial charge in [-0.15, -0.1) is 0 Å². The number of rotatable bonds is 5. The zero-order valence-electron chi connectivity index (χ0n) is 10.8. The van der Waals surface area contributed by atoms with Gasteiger partial charge in [-0.2, -0.15) is 0 Å². The number of aliphatic hydroxyl groups excluding tert-OH is 1. The molecule has 1 aliphatic heterocycles. The van der Waals surface area contributed by atoms with Crippen LogP contribution in [-0.4, -0.2) is 42.1 Å². The van der Waals surface area contributed by atoms with Crippen LogP contribution in [0.3, 0.4) is 0 Å². The van der Waals surface area contributed by atoms with E-state index in [9.17, 15) is 0 Å². The molecule has 1 N–H and O–H groups in total. The molecule has 0 bridgehead atoms. The maximum atomic E-state index is 9.12. The zero-order chi connectivity index (χ0) is 12.3. The smallest absolute Gasteiger partial charge is 0.0681 e. The van der Waals surface area contributed by atoms with Gasteiger partial charge in [-0.3, -0.25) is 4.90 Å². The minimum Gasteiger partial charge on any atom is -0.392 e. The van der Waals surface area contributed by atoms with Crippen LogP contribution >= 0.6 is 0 Å². The van der Waals surface area contributed by atoms with Gasteiger partial charge in [0.2, 0.25) is 0 Å². The summed E-state index contributed by atoms with van der Waals surface area (Å²) in [4.78, 5) is 4.71. The lowest BCUT2D eigenvalue weighted by Gasteiger charge is -2.16. The van der Waals surface area contributed by atoms with Crippen LogP contribution in [-0.2, 0) is 19.7 Å². The van der Waals surface area contributed by atoms with Crippen LogP contribution in [0, 0.1) is 0 Å². The van der Waals surface area contributed by atoms with Gasteiger partial charge >= 0.3 is 0 Å². The minimum atomic E-state index is 0.147. The van der Waals surface area contributed by atoms with E-state index in [-0.39, 0.29) is 6.61 Å². The van der Waals surface area contributed by atoms with E-state index in [1.54, 1.807) is 0 Å². The number of benzene rings is 1. The number of nitrogens with zero attached hydrogens (tertiary/aromatic N) is 2. The van der Waals surface area contributed by atoms with Crippen molar-refractivity contribution in [1.29, 1.82) is 0 Å². The Balaban J connectivity index is 1.88. The molecule has 3 heteroatoms. The maximum Gasteiger partial charge on any atom is 0.0681 e. The Morgan fingerprint density at radius 1 is 1.24 bits per heavy atom. The highest BCUT2D eigenvalue weighted by Crippen LogP contribution is 2.23.